The third kappa shape index (κ3) is 7.46. The predicted molar refractivity (Wildman–Crippen MR) is 190 cm³/mol. The van der Waals surface area contributed by atoms with Gasteiger partial charge < -0.3 is 14.6 Å². The SMILES string of the molecule is CCOc1cc(C2C(C(=O)/C=C/c3ccccc3)=C(O)C(=O)N2c2nnc(SCc3ccccc3Cl)s2)ccc1OCc1ccccc1. The van der Waals surface area contributed by atoms with Crippen LogP contribution in [0.2, 0.25) is 5.02 Å². The fraction of sp³-hybridized carbons (Fsp3) is 0.135. The lowest BCUT2D eigenvalue weighted by molar-refractivity contribution is -0.117. The first-order chi connectivity index (χ1) is 23.4. The number of halogens is 1. The smallest absolute Gasteiger partial charge is 0.296 e. The van der Waals surface area contributed by atoms with E-state index in [0.717, 1.165) is 16.7 Å². The summed E-state index contributed by atoms with van der Waals surface area (Å²) in [6, 6.07) is 30.8. The summed E-state index contributed by atoms with van der Waals surface area (Å²) in [5, 5.41) is 20.7. The Balaban J connectivity index is 1.35. The predicted octanol–water partition coefficient (Wildman–Crippen LogP) is 8.64. The summed E-state index contributed by atoms with van der Waals surface area (Å²) in [4.78, 5) is 28.8. The van der Waals surface area contributed by atoms with Crippen molar-refractivity contribution < 1.29 is 24.2 Å². The number of benzene rings is 4. The van der Waals surface area contributed by atoms with E-state index in [1.54, 1.807) is 24.3 Å². The highest BCUT2D eigenvalue weighted by Gasteiger charge is 2.45. The molecule has 6 rings (SSSR count). The van der Waals surface area contributed by atoms with E-state index in [2.05, 4.69) is 10.2 Å². The standard InChI is InChI=1S/C37H30ClN3O5S2/c1-2-45-31-21-26(18-20-30(31)46-22-25-13-7-4-8-14-25)33-32(29(42)19-17-24-11-5-3-6-12-24)34(43)35(44)41(33)36-39-40-37(48-36)47-23-27-15-9-10-16-28(27)38/h3-21,33,43H,2,22-23H2,1H3/b19-17+. The quantitative estimate of drug-likeness (QED) is 0.0742. The molecule has 1 aromatic heterocycles. The minimum Gasteiger partial charge on any atom is -0.503 e. The van der Waals surface area contributed by atoms with Crippen LogP contribution in [-0.2, 0) is 21.9 Å². The minimum absolute atomic E-state index is 0.0759. The molecule has 4 aromatic carbocycles. The first kappa shape index (κ1) is 33.0. The molecule has 1 aliphatic rings. The average Bonchev–Trinajstić information content (AvgIpc) is 3.68. The van der Waals surface area contributed by atoms with Crippen molar-refractivity contribution in [3.8, 4) is 11.5 Å². The van der Waals surface area contributed by atoms with Crippen molar-refractivity contribution in [3.05, 3.63) is 148 Å². The summed E-state index contributed by atoms with van der Waals surface area (Å²) in [7, 11) is 0. The maximum Gasteiger partial charge on any atom is 0.296 e. The highest BCUT2D eigenvalue weighted by Crippen LogP contribution is 2.45. The second-order valence-electron chi connectivity index (χ2n) is 10.6. The number of thioether (sulfide) groups is 1. The number of aliphatic hydroxyl groups is 1. The summed E-state index contributed by atoms with van der Waals surface area (Å²) in [5.74, 6) is -0.435. The molecule has 0 saturated carbocycles. The molecule has 0 saturated heterocycles. The molecular formula is C37H30ClN3O5S2. The maximum atomic E-state index is 13.8. The number of ketones is 1. The van der Waals surface area contributed by atoms with Gasteiger partial charge in [-0.15, -0.1) is 10.2 Å². The third-order valence-corrected chi connectivity index (χ3v) is 9.91. The number of carbonyl (C=O) groups is 2. The summed E-state index contributed by atoms with van der Waals surface area (Å²) < 4.78 is 12.7. The number of rotatable bonds is 13. The van der Waals surface area contributed by atoms with Gasteiger partial charge in [-0.3, -0.25) is 14.5 Å². The van der Waals surface area contributed by atoms with E-state index in [-0.39, 0.29) is 10.7 Å². The fourth-order valence-electron chi connectivity index (χ4n) is 5.13. The van der Waals surface area contributed by atoms with Crippen molar-refractivity contribution in [2.45, 2.75) is 29.7 Å². The van der Waals surface area contributed by atoms with E-state index in [4.69, 9.17) is 21.1 Å². The van der Waals surface area contributed by atoms with Gasteiger partial charge in [0.1, 0.15) is 6.61 Å². The molecule has 1 amide bonds. The van der Waals surface area contributed by atoms with Crippen molar-refractivity contribution in [1.82, 2.24) is 10.2 Å². The van der Waals surface area contributed by atoms with Crippen LogP contribution in [0.5, 0.6) is 11.5 Å². The van der Waals surface area contributed by atoms with Crippen molar-refractivity contribution >= 4 is 57.6 Å². The number of amides is 1. The van der Waals surface area contributed by atoms with Crippen molar-refractivity contribution in [3.63, 3.8) is 0 Å². The van der Waals surface area contributed by atoms with Crippen LogP contribution in [0.4, 0.5) is 5.13 Å². The van der Waals surface area contributed by atoms with Gasteiger partial charge in [0.2, 0.25) is 5.13 Å². The van der Waals surface area contributed by atoms with Crippen LogP contribution in [0.1, 0.15) is 35.2 Å². The van der Waals surface area contributed by atoms with E-state index in [9.17, 15) is 14.7 Å². The number of hydrogen-bond acceptors (Lipinski definition) is 9. The van der Waals surface area contributed by atoms with Gasteiger partial charge in [0.05, 0.1) is 18.2 Å². The average molecular weight is 696 g/mol. The molecule has 1 atom stereocenters. The molecule has 1 N–H and O–H groups in total. The van der Waals surface area contributed by atoms with Crippen LogP contribution < -0.4 is 14.4 Å². The Morgan fingerprint density at radius 3 is 2.44 bits per heavy atom. The molecule has 0 fully saturated rings. The van der Waals surface area contributed by atoms with E-state index in [1.165, 1.54) is 34.1 Å². The lowest BCUT2D eigenvalue weighted by atomic mass is 9.95. The third-order valence-electron chi connectivity index (χ3n) is 7.43. The second-order valence-corrected chi connectivity index (χ2v) is 13.2. The van der Waals surface area contributed by atoms with Gasteiger partial charge >= 0.3 is 0 Å². The molecule has 48 heavy (non-hydrogen) atoms. The van der Waals surface area contributed by atoms with Crippen LogP contribution >= 0.6 is 34.7 Å². The Morgan fingerprint density at radius 1 is 0.958 bits per heavy atom. The number of aromatic nitrogens is 2. The van der Waals surface area contributed by atoms with Crippen LogP contribution in [-0.4, -0.2) is 33.6 Å². The van der Waals surface area contributed by atoms with Crippen LogP contribution in [0.3, 0.4) is 0 Å². The summed E-state index contributed by atoms with van der Waals surface area (Å²) >= 11 is 8.95. The topological polar surface area (TPSA) is 102 Å². The molecular weight excluding hydrogens is 666 g/mol. The van der Waals surface area contributed by atoms with Gasteiger partial charge in [0.15, 0.2) is 27.4 Å². The molecule has 11 heteroatoms. The Morgan fingerprint density at radius 2 is 1.69 bits per heavy atom. The van der Waals surface area contributed by atoms with Gasteiger partial charge in [0, 0.05) is 10.8 Å². The lowest BCUT2D eigenvalue weighted by Gasteiger charge is -2.24. The minimum atomic E-state index is -1.01. The van der Waals surface area contributed by atoms with Crippen molar-refractivity contribution in [2.24, 2.45) is 0 Å². The van der Waals surface area contributed by atoms with Crippen LogP contribution in [0, 0.1) is 0 Å². The summed E-state index contributed by atoms with van der Waals surface area (Å²) in [6.45, 7) is 2.53. The van der Waals surface area contributed by atoms with Gasteiger partial charge in [-0.1, -0.05) is 126 Å². The van der Waals surface area contributed by atoms with E-state index in [1.807, 2.05) is 91.9 Å². The first-order valence-corrected chi connectivity index (χ1v) is 17.3. The largest absolute Gasteiger partial charge is 0.503 e. The van der Waals surface area contributed by atoms with Gasteiger partial charge in [0.25, 0.3) is 5.91 Å². The van der Waals surface area contributed by atoms with Crippen LogP contribution in [0.25, 0.3) is 6.08 Å². The van der Waals surface area contributed by atoms with E-state index >= 15 is 0 Å². The lowest BCUT2D eigenvalue weighted by Crippen LogP contribution is -2.31. The summed E-state index contributed by atoms with van der Waals surface area (Å²) in [6.07, 6.45) is 3.00. The monoisotopic (exact) mass is 695 g/mol. The Hall–Kier alpha value is -4.90. The van der Waals surface area contributed by atoms with Gasteiger partial charge in [-0.05, 0) is 53.5 Å². The number of anilines is 1. The van der Waals surface area contributed by atoms with Crippen molar-refractivity contribution in [1.29, 1.82) is 0 Å². The molecule has 2 heterocycles. The molecule has 0 radical (unpaired) electrons. The Kier molecular flexibility index (Phi) is 10.5. The Labute approximate surface area is 291 Å². The first-order valence-electron chi connectivity index (χ1n) is 15.1. The van der Waals surface area contributed by atoms with Gasteiger partial charge in [-0.2, -0.15) is 0 Å². The zero-order valence-corrected chi connectivity index (χ0v) is 28.2. The highest BCUT2D eigenvalue weighted by atomic mass is 35.5. The van der Waals surface area contributed by atoms with Crippen LogP contribution in [0.15, 0.2) is 125 Å². The summed E-state index contributed by atoms with van der Waals surface area (Å²) in [5.41, 5.74) is 3.17. The number of ether oxygens (including phenoxy) is 2. The van der Waals surface area contributed by atoms with Crippen molar-refractivity contribution in [2.75, 3.05) is 11.5 Å². The number of allylic oxidation sites excluding steroid dienone is 1. The second kappa shape index (κ2) is 15.3. The maximum absolute atomic E-state index is 13.8. The zero-order valence-electron chi connectivity index (χ0n) is 25.8. The molecule has 8 nitrogen and oxygen atoms in total. The molecule has 5 aromatic rings. The number of carbonyl (C=O) groups excluding carboxylic acids is 2. The van der Waals surface area contributed by atoms with Gasteiger partial charge in [-0.25, -0.2) is 0 Å². The zero-order chi connectivity index (χ0) is 33.5. The molecule has 1 aliphatic heterocycles. The molecule has 0 aliphatic carbocycles. The van der Waals surface area contributed by atoms with E-state index in [0.29, 0.717) is 45.4 Å². The highest BCUT2D eigenvalue weighted by molar-refractivity contribution is 8.00. The Bertz CT molecular complexity index is 1980. The molecule has 0 spiro atoms. The number of aliphatic hydroxyl groups excluding tert-OH is 1. The normalized spacial score (nSPS) is 14.6. The number of nitrogens with zero attached hydrogens (tertiary/aromatic N) is 3. The molecule has 1 unspecified atom stereocenters. The molecule has 242 valence electrons. The molecule has 0 bridgehead atoms. The van der Waals surface area contributed by atoms with E-state index < -0.39 is 23.5 Å². The fourth-order valence-corrected chi connectivity index (χ4v) is 7.28. The number of hydrogen-bond donors (Lipinski definition) is 1.